The Hall–Kier alpha value is -5.22. The lowest BCUT2D eigenvalue weighted by Gasteiger charge is -2.29. The van der Waals surface area contributed by atoms with Gasteiger partial charge in [0.1, 0.15) is 14.1 Å². The molecule has 0 atom stereocenters. The van der Waals surface area contributed by atoms with E-state index in [0.717, 1.165) is 25.9 Å². The van der Waals surface area contributed by atoms with Crippen molar-refractivity contribution in [1.82, 2.24) is 0 Å². The number of allylic oxidation sites excluding steroid dienone is 8. The SMILES string of the molecule is C[N+]1=C(/C=C/C=C2/N(CCCCN3/C(=C/C=C/C4=[N+](C)c5ccccc5C4(C)C)C(C)(C)c4ccccc43)c3ccccc3C2(C)C)C(C)(C)c2ccccc21. The van der Waals surface area contributed by atoms with Crippen LogP contribution in [0.2, 0.25) is 0 Å². The Bertz CT molecular complexity index is 2240. The number of hydrogen-bond donors (Lipinski definition) is 0. The van der Waals surface area contributed by atoms with Gasteiger partial charge in [0.25, 0.3) is 0 Å². The first-order chi connectivity index (χ1) is 26.7. The molecule has 0 saturated carbocycles. The Kier molecular flexibility index (Phi) is 9.26. The van der Waals surface area contributed by atoms with Gasteiger partial charge in [-0.1, -0.05) is 113 Å². The van der Waals surface area contributed by atoms with Crippen LogP contribution < -0.4 is 9.80 Å². The topological polar surface area (TPSA) is 12.5 Å². The highest BCUT2D eigenvalue weighted by molar-refractivity contribution is 6.04. The highest BCUT2D eigenvalue weighted by atomic mass is 15.2. The molecule has 0 bridgehead atoms. The number of rotatable bonds is 9. The van der Waals surface area contributed by atoms with Gasteiger partial charge in [0, 0.05) is 82.1 Å². The average molecular weight is 741 g/mol. The number of benzene rings is 4. The normalized spacial score (nSPS) is 21.2. The molecule has 8 rings (SSSR count). The smallest absolute Gasteiger partial charge is 0.209 e. The van der Waals surface area contributed by atoms with E-state index in [4.69, 9.17) is 0 Å². The zero-order valence-electron chi connectivity index (χ0n) is 35.3. The summed E-state index contributed by atoms with van der Waals surface area (Å²) in [5.74, 6) is 0. The number of unbranched alkanes of at least 4 members (excludes halogenated alkanes) is 1. The minimum atomic E-state index is -0.0901. The summed E-state index contributed by atoms with van der Waals surface area (Å²) in [6.07, 6.45) is 16.2. The summed E-state index contributed by atoms with van der Waals surface area (Å²) in [5, 5.41) is 0. The Morgan fingerprint density at radius 2 is 0.786 bits per heavy atom. The second-order valence-corrected chi connectivity index (χ2v) is 18.3. The molecule has 0 amide bonds. The van der Waals surface area contributed by atoms with E-state index < -0.39 is 0 Å². The summed E-state index contributed by atoms with van der Waals surface area (Å²) >= 11 is 0. The fraction of sp³-hybridized carbons (Fsp3) is 0.346. The minimum absolute atomic E-state index is 0.0474. The summed E-state index contributed by atoms with van der Waals surface area (Å²) < 4.78 is 4.72. The fourth-order valence-electron chi connectivity index (χ4n) is 10.4. The molecule has 56 heavy (non-hydrogen) atoms. The third kappa shape index (κ3) is 5.87. The quantitative estimate of drug-likeness (QED) is 0.125. The van der Waals surface area contributed by atoms with Gasteiger partial charge in [-0.15, -0.1) is 0 Å². The van der Waals surface area contributed by atoms with E-state index in [1.54, 1.807) is 0 Å². The van der Waals surface area contributed by atoms with Gasteiger partial charge in [-0.05, 0) is 75.9 Å². The molecule has 4 aliphatic rings. The number of anilines is 2. The lowest BCUT2D eigenvalue weighted by atomic mass is 9.81. The molecule has 0 spiro atoms. The average Bonchev–Trinajstić information content (AvgIpc) is 3.70. The maximum Gasteiger partial charge on any atom is 0.209 e. The first kappa shape index (κ1) is 37.7. The zero-order valence-corrected chi connectivity index (χ0v) is 35.3. The second kappa shape index (κ2) is 13.8. The van der Waals surface area contributed by atoms with Crippen molar-refractivity contribution in [3.63, 3.8) is 0 Å². The van der Waals surface area contributed by atoms with Crippen LogP contribution >= 0.6 is 0 Å². The number of para-hydroxylation sites is 4. The van der Waals surface area contributed by atoms with Crippen molar-refractivity contribution >= 4 is 34.2 Å². The Morgan fingerprint density at radius 3 is 1.16 bits per heavy atom. The zero-order chi connectivity index (χ0) is 39.6. The molecule has 4 aromatic rings. The van der Waals surface area contributed by atoms with E-state index in [-0.39, 0.29) is 21.7 Å². The van der Waals surface area contributed by atoms with E-state index >= 15 is 0 Å². The van der Waals surface area contributed by atoms with Crippen molar-refractivity contribution in [3.05, 3.63) is 167 Å². The van der Waals surface area contributed by atoms with Gasteiger partial charge in [0.2, 0.25) is 11.4 Å². The first-order valence-electron chi connectivity index (χ1n) is 20.6. The summed E-state index contributed by atoms with van der Waals surface area (Å²) in [6, 6.07) is 35.7. The Labute approximate surface area is 336 Å². The largest absolute Gasteiger partial charge is 0.344 e. The van der Waals surface area contributed by atoms with Crippen LogP contribution in [0.3, 0.4) is 0 Å². The number of nitrogens with zero attached hydrogens (tertiary/aromatic N) is 4. The fourth-order valence-corrected chi connectivity index (χ4v) is 10.4. The minimum Gasteiger partial charge on any atom is -0.344 e. The maximum absolute atomic E-state index is 2.60. The van der Waals surface area contributed by atoms with Crippen LogP contribution in [0, 0.1) is 0 Å². The number of hydrogen-bond acceptors (Lipinski definition) is 2. The molecule has 4 heterocycles. The maximum atomic E-state index is 2.60. The molecular weight excluding hydrogens is 681 g/mol. The van der Waals surface area contributed by atoms with Crippen LogP contribution in [0.15, 0.2) is 145 Å². The standard InChI is InChI=1S/C52H60N4/c1-49(2)37-23-11-15-27-41(37)53(9)45(49)31-21-33-47-51(5,6)39-25-13-17-29-43(39)55(47)35-19-20-36-56-44-30-18-14-26-40(44)52(7,8)48(56)34-22-32-46-50(3,4)38-24-12-16-28-42(38)54(46)10/h11-18,21-34H,19-20,35-36H2,1-10H3/q+2. The van der Waals surface area contributed by atoms with Crippen molar-refractivity contribution in [1.29, 1.82) is 0 Å². The van der Waals surface area contributed by atoms with Crippen LogP contribution in [-0.4, -0.2) is 47.8 Å². The third-order valence-corrected chi connectivity index (χ3v) is 13.5. The van der Waals surface area contributed by atoms with Gasteiger partial charge in [-0.25, -0.2) is 0 Å². The molecule has 0 saturated heterocycles. The third-order valence-electron chi connectivity index (χ3n) is 13.5. The number of fused-ring (bicyclic) bond motifs is 4. The van der Waals surface area contributed by atoms with Gasteiger partial charge < -0.3 is 9.80 Å². The van der Waals surface area contributed by atoms with Crippen molar-refractivity contribution in [2.45, 2.75) is 89.9 Å². The summed E-state index contributed by atoms with van der Waals surface area (Å²) in [5.41, 5.74) is 16.0. The van der Waals surface area contributed by atoms with E-state index in [1.807, 2.05) is 0 Å². The van der Waals surface area contributed by atoms with Gasteiger partial charge >= 0.3 is 0 Å². The molecule has 4 heteroatoms. The summed E-state index contributed by atoms with van der Waals surface area (Å²) in [6.45, 7) is 20.9. The molecule has 0 aromatic heterocycles. The van der Waals surface area contributed by atoms with Gasteiger partial charge in [0.15, 0.2) is 11.4 Å². The summed E-state index contributed by atoms with van der Waals surface area (Å²) in [7, 11) is 4.40. The molecule has 4 nitrogen and oxygen atoms in total. The monoisotopic (exact) mass is 740 g/mol. The van der Waals surface area contributed by atoms with Crippen molar-refractivity contribution in [3.8, 4) is 0 Å². The van der Waals surface area contributed by atoms with Crippen molar-refractivity contribution in [2.75, 3.05) is 37.0 Å². The van der Waals surface area contributed by atoms with Gasteiger partial charge in [-0.3, -0.25) is 0 Å². The summed E-state index contributed by atoms with van der Waals surface area (Å²) in [4.78, 5) is 5.19. The molecule has 0 fully saturated rings. The van der Waals surface area contributed by atoms with Crippen LogP contribution in [0.1, 0.15) is 90.5 Å². The predicted octanol–water partition coefficient (Wildman–Crippen LogP) is 11.7. The van der Waals surface area contributed by atoms with E-state index in [2.05, 4.69) is 222 Å². The molecular formula is C52H60N4+2. The highest BCUT2D eigenvalue weighted by Crippen LogP contribution is 2.50. The molecule has 286 valence electrons. The van der Waals surface area contributed by atoms with Crippen LogP contribution in [0.4, 0.5) is 22.7 Å². The molecule has 4 aromatic carbocycles. The molecule has 0 radical (unpaired) electrons. The van der Waals surface area contributed by atoms with E-state index in [9.17, 15) is 0 Å². The van der Waals surface area contributed by atoms with E-state index in [1.165, 1.54) is 67.8 Å². The van der Waals surface area contributed by atoms with Crippen molar-refractivity contribution in [2.24, 2.45) is 0 Å². The Balaban J connectivity index is 1.03. The van der Waals surface area contributed by atoms with Crippen LogP contribution in [-0.2, 0) is 21.7 Å². The van der Waals surface area contributed by atoms with Crippen LogP contribution in [0.25, 0.3) is 0 Å². The lowest BCUT2D eigenvalue weighted by Crippen LogP contribution is -2.29. The second-order valence-electron chi connectivity index (χ2n) is 18.3. The highest BCUT2D eigenvalue weighted by Gasteiger charge is 2.45. The molecule has 0 aliphatic carbocycles. The van der Waals surface area contributed by atoms with E-state index in [0.29, 0.717) is 0 Å². The predicted molar refractivity (Wildman–Crippen MR) is 238 cm³/mol. The van der Waals surface area contributed by atoms with Gasteiger partial charge in [0.05, 0.1) is 10.8 Å². The van der Waals surface area contributed by atoms with Crippen LogP contribution in [0.5, 0.6) is 0 Å². The van der Waals surface area contributed by atoms with Crippen molar-refractivity contribution < 1.29 is 9.15 Å². The first-order valence-corrected chi connectivity index (χ1v) is 20.6. The molecule has 0 N–H and O–H groups in total. The Morgan fingerprint density at radius 1 is 0.446 bits per heavy atom. The molecule has 4 aliphatic heterocycles. The molecule has 0 unspecified atom stereocenters. The lowest BCUT2D eigenvalue weighted by molar-refractivity contribution is -0.401. The van der Waals surface area contributed by atoms with Gasteiger partial charge in [-0.2, -0.15) is 9.15 Å².